The Bertz CT molecular complexity index is 2830. The third-order valence-corrected chi connectivity index (χ3v) is 11.3. The van der Waals surface area contributed by atoms with Gasteiger partial charge in [-0.15, -0.1) is 0 Å². The molecule has 3 nitrogen and oxygen atoms in total. The van der Waals surface area contributed by atoms with Crippen molar-refractivity contribution in [2.24, 2.45) is 0 Å². The van der Waals surface area contributed by atoms with Crippen LogP contribution in [-0.4, -0.2) is 9.97 Å². The molecule has 0 N–H and O–H groups in total. The van der Waals surface area contributed by atoms with Crippen LogP contribution >= 0.6 is 0 Å². The SMILES string of the molecule is c1ccc(-c2ccccc2N(c2ccc3c(c2)C2(c4ccccc4-c4ccccc42)c2ccccc2-3)c2nc(-c3ccccc3)c3ccccc3n2)cc1. The summed E-state index contributed by atoms with van der Waals surface area (Å²) in [6, 6.07) is 71.9. The fraction of sp³-hybridized carbons (Fsp3) is 0.0196. The Labute approximate surface area is 314 Å². The van der Waals surface area contributed by atoms with Crippen LogP contribution in [0.3, 0.4) is 0 Å². The lowest BCUT2D eigenvalue weighted by atomic mass is 9.70. The summed E-state index contributed by atoms with van der Waals surface area (Å²) in [4.78, 5) is 13.1. The number of hydrogen-bond donors (Lipinski definition) is 0. The van der Waals surface area contributed by atoms with E-state index in [1.165, 1.54) is 44.5 Å². The molecule has 0 fully saturated rings. The van der Waals surface area contributed by atoms with Crippen LogP contribution in [0.1, 0.15) is 22.3 Å². The van der Waals surface area contributed by atoms with Gasteiger partial charge in [-0.2, -0.15) is 0 Å². The predicted octanol–water partition coefficient (Wildman–Crippen LogP) is 12.8. The maximum Gasteiger partial charge on any atom is 0.235 e. The minimum absolute atomic E-state index is 0.473. The van der Waals surface area contributed by atoms with Gasteiger partial charge in [0.1, 0.15) is 0 Å². The van der Waals surface area contributed by atoms with Crippen LogP contribution in [-0.2, 0) is 5.41 Å². The Morgan fingerprint density at radius 3 is 1.52 bits per heavy atom. The van der Waals surface area contributed by atoms with Gasteiger partial charge in [0.2, 0.25) is 5.95 Å². The highest BCUT2D eigenvalue weighted by atomic mass is 15.3. The third-order valence-electron chi connectivity index (χ3n) is 11.3. The first-order valence-corrected chi connectivity index (χ1v) is 18.5. The molecule has 0 amide bonds. The van der Waals surface area contributed by atoms with Crippen molar-refractivity contribution in [3.05, 3.63) is 222 Å². The van der Waals surface area contributed by atoms with Gasteiger partial charge >= 0.3 is 0 Å². The summed E-state index contributed by atoms with van der Waals surface area (Å²) < 4.78 is 0. The normalized spacial score (nSPS) is 13.0. The van der Waals surface area contributed by atoms with E-state index in [2.05, 4.69) is 199 Å². The Kier molecular flexibility index (Phi) is 6.77. The lowest BCUT2D eigenvalue weighted by molar-refractivity contribution is 0.793. The zero-order valence-electron chi connectivity index (χ0n) is 29.4. The average Bonchev–Trinajstić information content (AvgIpc) is 3.71. The summed E-state index contributed by atoms with van der Waals surface area (Å²) in [5.74, 6) is 0.618. The van der Waals surface area contributed by atoms with E-state index in [-0.39, 0.29) is 0 Å². The second-order valence-electron chi connectivity index (χ2n) is 14.1. The molecular weight excluding hydrogens is 655 g/mol. The lowest BCUT2D eigenvalue weighted by Crippen LogP contribution is -2.26. The van der Waals surface area contributed by atoms with E-state index in [1.807, 2.05) is 6.07 Å². The summed E-state index contributed by atoms with van der Waals surface area (Å²) in [6.45, 7) is 0. The molecule has 0 aliphatic heterocycles. The largest absolute Gasteiger partial charge is 0.279 e. The number of benzene rings is 8. The number of fused-ring (bicyclic) bond motifs is 11. The van der Waals surface area contributed by atoms with Gasteiger partial charge in [0, 0.05) is 22.2 Å². The van der Waals surface area contributed by atoms with E-state index in [0.717, 1.165) is 44.7 Å². The maximum absolute atomic E-state index is 5.47. The van der Waals surface area contributed by atoms with E-state index < -0.39 is 5.41 Å². The van der Waals surface area contributed by atoms with Gasteiger partial charge in [0.15, 0.2) is 0 Å². The topological polar surface area (TPSA) is 29.0 Å². The Hall–Kier alpha value is -7.10. The molecule has 0 saturated carbocycles. The summed E-state index contributed by atoms with van der Waals surface area (Å²) in [5, 5.41) is 1.02. The molecular formula is C51H33N3. The molecule has 1 heterocycles. The molecule has 0 bridgehead atoms. The zero-order chi connectivity index (χ0) is 35.6. The molecule has 9 aromatic rings. The molecule has 2 aliphatic carbocycles. The minimum Gasteiger partial charge on any atom is -0.279 e. The number of hydrogen-bond acceptors (Lipinski definition) is 3. The van der Waals surface area contributed by atoms with Gasteiger partial charge in [-0.3, -0.25) is 4.90 Å². The number of para-hydroxylation sites is 2. The zero-order valence-corrected chi connectivity index (χ0v) is 29.4. The van der Waals surface area contributed by atoms with Gasteiger partial charge in [0.05, 0.1) is 22.3 Å². The molecule has 0 unspecified atom stereocenters. The van der Waals surface area contributed by atoms with Crippen molar-refractivity contribution >= 4 is 28.2 Å². The summed E-state index contributed by atoms with van der Waals surface area (Å²) in [6.07, 6.45) is 0. The van der Waals surface area contributed by atoms with Crippen molar-refractivity contribution in [2.45, 2.75) is 5.41 Å². The molecule has 0 saturated heterocycles. The van der Waals surface area contributed by atoms with Crippen LogP contribution in [0.5, 0.6) is 0 Å². The van der Waals surface area contributed by atoms with E-state index in [4.69, 9.17) is 9.97 Å². The van der Waals surface area contributed by atoms with Crippen molar-refractivity contribution in [2.75, 3.05) is 4.90 Å². The van der Waals surface area contributed by atoms with Crippen LogP contribution in [0.4, 0.5) is 17.3 Å². The van der Waals surface area contributed by atoms with Crippen molar-refractivity contribution in [1.29, 1.82) is 0 Å². The number of anilines is 3. The minimum atomic E-state index is -0.473. The molecule has 54 heavy (non-hydrogen) atoms. The predicted molar refractivity (Wildman–Crippen MR) is 221 cm³/mol. The fourth-order valence-electron chi connectivity index (χ4n) is 9.10. The van der Waals surface area contributed by atoms with Gasteiger partial charge < -0.3 is 0 Å². The van der Waals surface area contributed by atoms with Gasteiger partial charge in [-0.25, -0.2) is 9.97 Å². The summed E-state index contributed by atoms with van der Waals surface area (Å²) in [7, 11) is 0. The molecule has 2 aliphatic rings. The molecule has 252 valence electrons. The van der Waals surface area contributed by atoms with E-state index >= 15 is 0 Å². The summed E-state index contributed by atoms with van der Waals surface area (Å²) >= 11 is 0. The van der Waals surface area contributed by atoms with Crippen molar-refractivity contribution < 1.29 is 0 Å². The van der Waals surface area contributed by atoms with Gasteiger partial charge in [-0.05, 0) is 74.3 Å². The first kappa shape index (κ1) is 30.5. The fourth-order valence-corrected chi connectivity index (χ4v) is 9.10. The second kappa shape index (κ2) is 12.0. The average molecular weight is 688 g/mol. The van der Waals surface area contributed by atoms with Crippen molar-refractivity contribution in [3.8, 4) is 44.6 Å². The van der Waals surface area contributed by atoms with Crippen LogP contribution in [0, 0.1) is 0 Å². The van der Waals surface area contributed by atoms with Gasteiger partial charge in [0.25, 0.3) is 0 Å². The highest BCUT2D eigenvalue weighted by molar-refractivity contribution is 5.98. The number of nitrogens with zero attached hydrogens (tertiary/aromatic N) is 3. The first-order chi connectivity index (χ1) is 26.8. The smallest absolute Gasteiger partial charge is 0.235 e. The van der Waals surface area contributed by atoms with E-state index in [1.54, 1.807) is 0 Å². The van der Waals surface area contributed by atoms with Crippen LogP contribution in [0.25, 0.3) is 55.5 Å². The quantitative estimate of drug-likeness (QED) is 0.180. The highest BCUT2D eigenvalue weighted by Crippen LogP contribution is 2.63. The van der Waals surface area contributed by atoms with Crippen LogP contribution in [0.2, 0.25) is 0 Å². The molecule has 0 atom stereocenters. The van der Waals surface area contributed by atoms with E-state index in [0.29, 0.717) is 5.95 Å². The second-order valence-corrected chi connectivity index (χ2v) is 14.1. The molecule has 0 radical (unpaired) electrons. The molecule has 1 aromatic heterocycles. The Morgan fingerprint density at radius 2 is 0.870 bits per heavy atom. The number of rotatable bonds is 5. The highest BCUT2D eigenvalue weighted by Gasteiger charge is 2.51. The summed E-state index contributed by atoms with van der Waals surface area (Å²) in [5.41, 5.74) is 17.0. The number of aromatic nitrogens is 2. The maximum atomic E-state index is 5.47. The molecule has 8 aromatic carbocycles. The standard InChI is InChI=1S/C51H33N3/c1-3-17-34(18-4-1)37-21-11-16-30-48(37)54(50-52-47-29-15-10-25-42(47)49(53-50)35-19-5-2-6-20-35)36-31-32-41-40-24-9-14-28-45(40)51(46(41)33-36)43-26-12-7-22-38(43)39-23-8-13-27-44(39)51/h1-33H. The van der Waals surface area contributed by atoms with Crippen molar-refractivity contribution in [3.63, 3.8) is 0 Å². The Balaban J connectivity index is 1.23. The first-order valence-electron chi connectivity index (χ1n) is 18.5. The monoisotopic (exact) mass is 687 g/mol. The van der Waals surface area contributed by atoms with Gasteiger partial charge in [-0.1, -0.05) is 176 Å². The van der Waals surface area contributed by atoms with Crippen LogP contribution < -0.4 is 4.90 Å². The van der Waals surface area contributed by atoms with E-state index in [9.17, 15) is 0 Å². The molecule has 11 rings (SSSR count). The Morgan fingerprint density at radius 1 is 0.370 bits per heavy atom. The van der Waals surface area contributed by atoms with Crippen molar-refractivity contribution in [1.82, 2.24) is 9.97 Å². The van der Waals surface area contributed by atoms with Crippen LogP contribution in [0.15, 0.2) is 200 Å². The molecule has 1 spiro atoms. The molecule has 3 heteroatoms. The third kappa shape index (κ3) is 4.36. The lowest BCUT2D eigenvalue weighted by Gasteiger charge is -2.32.